The van der Waals surface area contributed by atoms with Gasteiger partial charge in [-0.25, -0.2) is 0 Å². The lowest BCUT2D eigenvalue weighted by atomic mass is 9.96. The maximum Gasteiger partial charge on any atom is 0.0909 e. The summed E-state index contributed by atoms with van der Waals surface area (Å²) in [6.45, 7) is 0. The van der Waals surface area contributed by atoms with Crippen LogP contribution in [0, 0.1) is 0 Å². The van der Waals surface area contributed by atoms with Crippen molar-refractivity contribution in [2.24, 2.45) is 0 Å². The molecule has 0 spiro atoms. The van der Waals surface area contributed by atoms with Crippen LogP contribution in [0.3, 0.4) is 0 Å². The van der Waals surface area contributed by atoms with E-state index in [4.69, 9.17) is 4.98 Å². The van der Waals surface area contributed by atoms with Crippen LogP contribution < -0.4 is 4.90 Å². The number of hydrogen-bond donors (Lipinski definition) is 0. The fourth-order valence-electron chi connectivity index (χ4n) is 6.57. The first-order valence-electron chi connectivity index (χ1n) is 14.9. The van der Waals surface area contributed by atoms with Gasteiger partial charge in [0.25, 0.3) is 0 Å². The van der Waals surface area contributed by atoms with Crippen molar-refractivity contribution in [2.45, 2.75) is 0 Å². The van der Waals surface area contributed by atoms with E-state index < -0.39 is 0 Å². The summed E-state index contributed by atoms with van der Waals surface area (Å²) in [6, 6.07) is 54.8. The molecule has 3 heteroatoms. The fourth-order valence-corrected chi connectivity index (χ4v) is 7.74. The number of anilines is 3. The summed E-state index contributed by atoms with van der Waals surface area (Å²) < 4.78 is 2.43. The largest absolute Gasteiger partial charge is 0.309 e. The molecule has 0 bridgehead atoms. The Labute approximate surface area is 259 Å². The Kier molecular flexibility index (Phi) is 5.71. The highest BCUT2D eigenvalue weighted by atomic mass is 32.1. The zero-order valence-corrected chi connectivity index (χ0v) is 24.6. The van der Waals surface area contributed by atoms with Gasteiger partial charge in [-0.15, -0.1) is 11.3 Å². The first-order valence-corrected chi connectivity index (χ1v) is 15.7. The number of aromatic nitrogens is 1. The minimum absolute atomic E-state index is 1.05. The van der Waals surface area contributed by atoms with Crippen LogP contribution >= 0.6 is 11.3 Å². The van der Waals surface area contributed by atoms with Crippen LogP contribution in [0.4, 0.5) is 17.1 Å². The van der Waals surface area contributed by atoms with Gasteiger partial charge in [-0.3, -0.25) is 4.98 Å². The lowest BCUT2D eigenvalue weighted by Gasteiger charge is -2.26. The van der Waals surface area contributed by atoms with Crippen LogP contribution in [-0.4, -0.2) is 4.98 Å². The lowest BCUT2D eigenvalue weighted by molar-refractivity contribution is 1.29. The van der Waals surface area contributed by atoms with Gasteiger partial charge in [-0.1, -0.05) is 115 Å². The van der Waals surface area contributed by atoms with Crippen molar-refractivity contribution in [2.75, 3.05) is 4.90 Å². The maximum absolute atomic E-state index is 4.86. The monoisotopic (exact) mass is 578 g/mol. The third-order valence-corrected chi connectivity index (χ3v) is 9.88. The smallest absolute Gasteiger partial charge is 0.0909 e. The summed E-state index contributed by atoms with van der Waals surface area (Å²) in [5, 5.41) is 8.78. The van der Waals surface area contributed by atoms with Gasteiger partial charge in [0.2, 0.25) is 0 Å². The number of thiophene rings is 1. The van der Waals surface area contributed by atoms with Crippen LogP contribution in [0.25, 0.3) is 63.7 Å². The minimum Gasteiger partial charge on any atom is -0.309 e. The van der Waals surface area contributed by atoms with Gasteiger partial charge < -0.3 is 4.90 Å². The molecule has 2 heterocycles. The summed E-state index contributed by atoms with van der Waals surface area (Å²) >= 11 is 1.81. The van der Waals surface area contributed by atoms with Gasteiger partial charge >= 0.3 is 0 Å². The van der Waals surface area contributed by atoms with Crippen LogP contribution in [0.5, 0.6) is 0 Å². The van der Waals surface area contributed by atoms with E-state index in [1.807, 2.05) is 17.5 Å². The van der Waals surface area contributed by atoms with E-state index >= 15 is 0 Å². The van der Waals surface area contributed by atoms with Crippen molar-refractivity contribution >= 4 is 81.0 Å². The van der Waals surface area contributed by atoms with Crippen molar-refractivity contribution in [3.63, 3.8) is 0 Å². The van der Waals surface area contributed by atoms with E-state index in [0.29, 0.717) is 0 Å². The van der Waals surface area contributed by atoms with Gasteiger partial charge in [0, 0.05) is 27.7 Å². The van der Waals surface area contributed by atoms with Gasteiger partial charge in [0.1, 0.15) is 0 Å². The first-order chi connectivity index (χ1) is 21.8. The lowest BCUT2D eigenvalue weighted by Crippen LogP contribution is -2.10. The number of hydrogen-bond acceptors (Lipinski definition) is 3. The molecule has 2 aromatic heterocycles. The number of rotatable bonds is 4. The number of pyridine rings is 1. The van der Waals surface area contributed by atoms with Gasteiger partial charge in [-0.2, -0.15) is 0 Å². The van der Waals surface area contributed by atoms with Crippen LogP contribution in [-0.2, 0) is 0 Å². The van der Waals surface area contributed by atoms with Gasteiger partial charge in [0.05, 0.1) is 15.9 Å². The highest BCUT2D eigenvalue weighted by Crippen LogP contribution is 2.45. The predicted octanol–water partition coefficient (Wildman–Crippen LogP) is 12.0. The first kappa shape index (κ1) is 25.0. The Morgan fingerprint density at radius 1 is 0.455 bits per heavy atom. The summed E-state index contributed by atoms with van der Waals surface area (Å²) in [5.74, 6) is 0. The molecule has 0 aliphatic rings. The molecule has 7 aromatic carbocycles. The molecule has 44 heavy (non-hydrogen) atoms. The van der Waals surface area contributed by atoms with Crippen molar-refractivity contribution in [3.05, 3.63) is 158 Å². The van der Waals surface area contributed by atoms with Crippen LogP contribution in [0.2, 0.25) is 0 Å². The predicted molar refractivity (Wildman–Crippen MR) is 190 cm³/mol. The average molecular weight is 579 g/mol. The molecule has 206 valence electrons. The summed E-state index contributed by atoms with van der Waals surface area (Å²) in [5.41, 5.74) is 6.83. The molecule has 9 aromatic rings. The fraction of sp³-hybridized carbons (Fsp3) is 0. The highest BCUT2D eigenvalue weighted by Gasteiger charge is 2.19. The van der Waals surface area contributed by atoms with E-state index in [-0.39, 0.29) is 0 Å². The van der Waals surface area contributed by atoms with E-state index in [1.165, 1.54) is 58.2 Å². The molecule has 0 aliphatic carbocycles. The molecule has 0 amide bonds. The summed E-state index contributed by atoms with van der Waals surface area (Å²) in [4.78, 5) is 7.25. The molecule has 9 rings (SSSR count). The normalized spacial score (nSPS) is 11.6. The Morgan fingerprint density at radius 3 is 1.93 bits per heavy atom. The molecule has 2 nitrogen and oxygen atoms in total. The van der Waals surface area contributed by atoms with Gasteiger partial charge in [0.15, 0.2) is 0 Å². The van der Waals surface area contributed by atoms with Crippen LogP contribution in [0.1, 0.15) is 0 Å². The third kappa shape index (κ3) is 3.98. The quantitative estimate of drug-likeness (QED) is 0.193. The molecule has 0 aliphatic heterocycles. The zero-order valence-electron chi connectivity index (χ0n) is 23.8. The number of benzene rings is 7. The number of fused-ring (bicyclic) bond motifs is 8. The summed E-state index contributed by atoms with van der Waals surface area (Å²) in [7, 11) is 0. The Morgan fingerprint density at radius 2 is 1.09 bits per heavy atom. The molecule has 0 unspecified atom stereocenters. The minimum atomic E-state index is 1.05. The topological polar surface area (TPSA) is 16.1 Å². The maximum atomic E-state index is 4.86. The summed E-state index contributed by atoms with van der Waals surface area (Å²) in [6.07, 6.45) is 1.95. The molecule has 0 fully saturated rings. The van der Waals surface area contributed by atoms with Gasteiger partial charge in [-0.05, 0) is 79.8 Å². The second-order valence-electron chi connectivity index (χ2n) is 11.2. The van der Waals surface area contributed by atoms with Crippen molar-refractivity contribution < 1.29 is 0 Å². The number of nitrogens with zero attached hydrogens (tertiary/aromatic N) is 2. The zero-order chi connectivity index (χ0) is 29.0. The highest BCUT2D eigenvalue weighted by molar-refractivity contribution is 7.26. The van der Waals surface area contributed by atoms with Crippen LogP contribution in [0.15, 0.2) is 158 Å². The van der Waals surface area contributed by atoms with E-state index in [2.05, 4.69) is 157 Å². The molecule has 0 radical (unpaired) electrons. The SMILES string of the molecule is c1ccc(-c2ccc(N(c3ccc4ccc5c6ccccc6ccc5c4c3)c3ccnc4c3sc3ccccc34)cc2)cc1. The second kappa shape index (κ2) is 10.0. The Hall–Kier alpha value is -5.51. The second-order valence-corrected chi connectivity index (χ2v) is 12.3. The van der Waals surface area contributed by atoms with E-state index in [9.17, 15) is 0 Å². The molecule has 0 N–H and O–H groups in total. The molecule has 0 saturated carbocycles. The molecule has 0 atom stereocenters. The van der Waals surface area contributed by atoms with Crippen molar-refractivity contribution in [3.8, 4) is 11.1 Å². The molecular weight excluding hydrogens is 553 g/mol. The van der Waals surface area contributed by atoms with E-state index in [1.54, 1.807) is 0 Å². The van der Waals surface area contributed by atoms with Crippen molar-refractivity contribution in [1.29, 1.82) is 0 Å². The third-order valence-electron chi connectivity index (χ3n) is 8.70. The average Bonchev–Trinajstić information content (AvgIpc) is 3.48. The van der Waals surface area contributed by atoms with E-state index in [0.717, 1.165) is 22.6 Å². The van der Waals surface area contributed by atoms with Crippen molar-refractivity contribution in [1.82, 2.24) is 4.98 Å². The Bertz CT molecular complexity index is 2490. The molecule has 0 saturated heterocycles. The molecular formula is C41H26N2S. The standard InChI is InChI=1S/C41H26N2S/c1-2-8-27(9-3-1)28-14-19-31(20-15-28)43(38-24-25-42-40-36-12-6-7-13-39(36)44-41(38)40)32-21-16-30-18-22-34-33-11-5-4-10-29(33)17-23-35(34)37(30)26-32/h1-26H. The Balaban J connectivity index is 1.29.